The normalized spacial score (nSPS) is 35.6. The summed E-state index contributed by atoms with van der Waals surface area (Å²) in [6, 6.07) is 0.750. The minimum Gasteiger partial charge on any atom is -0.448 e. The fraction of sp³-hybridized carbons (Fsp3) is 0.786. The lowest BCUT2D eigenvalue weighted by molar-refractivity contribution is 0.352. The summed E-state index contributed by atoms with van der Waals surface area (Å²) in [6.45, 7) is 0.907. The highest BCUT2D eigenvalue weighted by Gasteiger charge is 2.42. The molecule has 3 aliphatic rings. The van der Waals surface area contributed by atoms with Crippen molar-refractivity contribution < 1.29 is 4.42 Å². The number of hydrogen-bond donors (Lipinski definition) is 1. The van der Waals surface area contributed by atoms with Crippen molar-refractivity contribution in [2.75, 3.05) is 0 Å². The Labute approximate surface area is 102 Å². The fourth-order valence-electron chi connectivity index (χ4n) is 3.81. The Morgan fingerprint density at radius 3 is 2.88 bits per heavy atom. The van der Waals surface area contributed by atoms with Crippen molar-refractivity contribution in [3.05, 3.63) is 17.8 Å². The van der Waals surface area contributed by atoms with E-state index in [4.69, 9.17) is 4.42 Å². The molecule has 3 heteroatoms. The third kappa shape index (κ3) is 1.81. The number of aromatic nitrogens is 1. The SMILES string of the molecule is c1nc(CNC2CC2)c(C2CC3CCC2C3)o1. The maximum Gasteiger partial charge on any atom is 0.181 e. The van der Waals surface area contributed by atoms with Gasteiger partial charge in [-0.1, -0.05) is 6.42 Å². The molecule has 3 aliphatic carbocycles. The van der Waals surface area contributed by atoms with Gasteiger partial charge in [0, 0.05) is 18.5 Å². The summed E-state index contributed by atoms with van der Waals surface area (Å²) in [6.07, 6.45) is 9.95. The Morgan fingerprint density at radius 1 is 1.24 bits per heavy atom. The summed E-state index contributed by atoms with van der Waals surface area (Å²) in [7, 11) is 0. The Kier molecular flexibility index (Phi) is 2.29. The summed E-state index contributed by atoms with van der Waals surface area (Å²) >= 11 is 0. The zero-order chi connectivity index (χ0) is 11.2. The zero-order valence-electron chi connectivity index (χ0n) is 10.2. The molecular formula is C14H20N2O. The van der Waals surface area contributed by atoms with E-state index in [0.717, 1.165) is 24.4 Å². The lowest BCUT2D eigenvalue weighted by atomic mass is 9.86. The molecule has 1 aromatic heterocycles. The largest absolute Gasteiger partial charge is 0.448 e. The van der Waals surface area contributed by atoms with Gasteiger partial charge in [0.1, 0.15) is 5.76 Å². The summed E-state index contributed by atoms with van der Waals surface area (Å²) in [5, 5.41) is 3.54. The summed E-state index contributed by atoms with van der Waals surface area (Å²) in [5.74, 6) is 3.73. The molecule has 3 saturated carbocycles. The maximum atomic E-state index is 5.70. The number of fused-ring (bicyclic) bond motifs is 2. The van der Waals surface area contributed by atoms with Gasteiger partial charge in [0.05, 0.1) is 5.69 Å². The van der Waals surface area contributed by atoms with Crippen LogP contribution in [0.15, 0.2) is 10.8 Å². The van der Waals surface area contributed by atoms with Crippen LogP contribution in [0.25, 0.3) is 0 Å². The van der Waals surface area contributed by atoms with E-state index in [2.05, 4.69) is 10.3 Å². The van der Waals surface area contributed by atoms with E-state index in [1.54, 1.807) is 6.39 Å². The van der Waals surface area contributed by atoms with Gasteiger partial charge in [-0.3, -0.25) is 0 Å². The lowest BCUT2D eigenvalue weighted by Gasteiger charge is -2.20. The summed E-state index contributed by atoms with van der Waals surface area (Å²) in [5.41, 5.74) is 1.18. The maximum absolute atomic E-state index is 5.70. The molecule has 3 nitrogen and oxygen atoms in total. The highest BCUT2D eigenvalue weighted by molar-refractivity contribution is 5.17. The van der Waals surface area contributed by atoms with Crippen LogP contribution in [0, 0.1) is 11.8 Å². The van der Waals surface area contributed by atoms with Crippen molar-refractivity contribution in [2.24, 2.45) is 11.8 Å². The van der Waals surface area contributed by atoms with Crippen molar-refractivity contribution in [3.8, 4) is 0 Å². The van der Waals surface area contributed by atoms with Gasteiger partial charge in [0.2, 0.25) is 0 Å². The molecule has 4 rings (SSSR count). The Hall–Kier alpha value is -0.830. The van der Waals surface area contributed by atoms with Crippen molar-refractivity contribution in [1.29, 1.82) is 0 Å². The molecule has 17 heavy (non-hydrogen) atoms. The van der Waals surface area contributed by atoms with Crippen molar-refractivity contribution in [2.45, 2.75) is 57.0 Å². The predicted molar refractivity (Wildman–Crippen MR) is 64.6 cm³/mol. The molecule has 1 aromatic rings. The molecule has 3 fully saturated rings. The van der Waals surface area contributed by atoms with Crippen LogP contribution in [0.3, 0.4) is 0 Å². The molecule has 92 valence electrons. The van der Waals surface area contributed by atoms with Crippen LogP contribution >= 0.6 is 0 Å². The molecule has 3 atom stereocenters. The first-order chi connectivity index (χ1) is 8.40. The monoisotopic (exact) mass is 232 g/mol. The third-order valence-electron chi connectivity index (χ3n) is 4.88. The zero-order valence-corrected chi connectivity index (χ0v) is 10.2. The van der Waals surface area contributed by atoms with Gasteiger partial charge in [-0.15, -0.1) is 0 Å². The van der Waals surface area contributed by atoms with Crippen LogP contribution in [-0.2, 0) is 6.54 Å². The van der Waals surface area contributed by atoms with Crippen molar-refractivity contribution in [1.82, 2.24) is 10.3 Å². The van der Waals surface area contributed by atoms with Gasteiger partial charge in [-0.05, 0) is 43.9 Å². The Balaban J connectivity index is 1.50. The molecule has 1 heterocycles. The molecule has 0 radical (unpaired) electrons. The molecule has 3 unspecified atom stereocenters. The van der Waals surface area contributed by atoms with E-state index in [-0.39, 0.29) is 0 Å². The van der Waals surface area contributed by atoms with Gasteiger partial charge in [0.15, 0.2) is 6.39 Å². The lowest BCUT2D eigenvalue weighted by Crippen LogP contribution is -2.18. The van der Waals surface area contributed by atoms with Gasteiger partial charge < -0.3 is 9.73 Å². The molecule has 2 bridgehead atoms. The average molecular weight is 232 g/mol. The van der Waals surface area contributed by atoms with Crippen molar-refractivity contribution in [3.63, 3.8) is 0 Å². The Bertz CT molecular complexity index is 410. The second kappa shape index (κ2) is 3.84. The first kappa shape index (κ1) is 10.1. The topological polar surface area (TPSA) is 38.1 Å². The minimum absolute atomic E-state index is 0.673. The standard InChI is InChI=1S/C14H20N2O/c1-2-10-5-9(1)6-12(10)14-13(16-8-17-14)7-15-11-3-4-11/h8-12,15H,1-7H2. The molecule has 0 spiro atoms. The van der Waals surface area contributed by atoms with Gasteiger partial charge >= 0.3 is 0 Å². The van der Waals surface area contributed by atoms with Crippen LogP contribution in [0.4, 0.5) is 0 Å². The van der Waals surface area contributed by atoms with Gasteiger partial charge in [0.25, 0.3) is 0 Å². The van der Waals surface area contributed by atoms with Crippen LogP contribution in [0.5, 0.6) is 0 Å². The summed E-state index contributed by atoms with van der Waals surface area (Å²) in [4.78, 5) is 4.41. The van der Waals surface area contributed by atoms with Crippen molar-refractivity contribution >= 4 is 0 Å². The first-order valence-electron chi connectivity index (χ1n) is 7.06. The highest BCUT2D eigenvalue weighted by atomic mass is 16.3. The molecule has 1 N–H and O–H groups in total. The molecule has 0 aromatic carbocycles. The second-order valence-corrected chi connectivity index (χ2v) is 6.10. The molecule has 0 amide bonds. The van der Waals surface area contributed by atoms with Gasteiger partial charge in [-0.25, -0.2) is 4.98 Å². The number of nitrogens with zero attached hydrogens (tertiary/aromatic N) is 1. The number of hydrogen-bond acceptors (Lipinski definition) is 3. The molecule has 0 saturated heterocycles. The summed E-state index contributed by atoms with van der Waals surface area (Å²) < 4.78 is 5.70. The first-order valence-corrected chi connectivity index (χ1v) is 7.06. The van der Waals surface area contributed by atoms with E-state index >= 15 is 0 Å². The van der Waals surface area contributed by atoms with E-state index in [1.807, 2.05) is 0 Å². The predicted octanol–water partition coefficient (Wildman–Crippen LogP) is 2.83. The number of nitrogens with one attached hydrogen (secondary N) is 1. The fourth-order valence-corrected chi connectivity index (χ4v) is 3.81. The highest BCUT2D eigenvalue weighted by Crippen LogP contribution is 2.53. The Morgan fingerprint density at radius 2 is 2.18 bits per heavy atom. The minimum atomic E-state index is 0.673. The molecular weight excluding hydrogens is 212 g/mol. The quantitative estimate of drug-likeness (QED) is 0.867. The second-order valence-electron chi connectivity index (χ2n) is 6.10. The van der Waals surface area contributed by atoms with E-state index in [9.17, 15) is 0 Å². The van der Waals surface area contributed by atoms with Crippen LogP contribution in [-0.4, -0.2) is 11.0 Å². The smallest absolute Gasteiger partial charge is 0.181 e. The number of oxazole rings is 1. The third-order valence-corrected chi connectivity index (χ3v) is 4.88. The van der Waals surface area contributed by atoms with Gasteiger partial charge in [-0.2, -0.15) is 0 Å². The average Bonchev–Trinajstić information content (AvgIpc) is 2.81. The van der Waals surface area contributed by atoms with E-state index in [0.29, 0.717) is 5.92 Å². The number of rotatable bonds is 4. The van der Waals surface area contributed by atoms with Crippen LogP contribution in [0.1, 0.15) is 55.9 Å². The van der Waals surface area contributed by atoms with E-state index < -0.39 is 0 Å². The van der Waals surface area contributed by atoms with Crippen LogP contribution < -0.4 is 5.32 Å². The van der Waals surface area contributed by atoms with Crippen LogP contribution in [0.2, 0.25) is 0 Å². The molecule has 0 aliphatic heterocycles. The van der Waals surface area contributed by atoms with E-state index in [1.165, 1.54) is 50.0 Å².